The normalized spacial score (nSPS) is 19.0. The van der Waals surface area contributed by atoms with Crippen molar-refractivity contribution in [2.45, 2.75) is 45.8 Å². The van der Waals surface area contributed by atoms with Gasteiger partial charge in [-0.25, -0.2) is 0 Å². The molecular weight excluding hydrogens is 316 g/mol. The minimum atomic E-state index is 0.0762. The molecule has 6 nitrogen and oxygen atoms in total. The number of nitrogens with zero attached hydrogens (tertiary/aromatic N) is 2. The summed E-state index contributed by atoms with van der Waals surface area (Å²) in [6, 6.07) is 4.25. The quantitative estimate of drug-likeness (QED) is 0.585. The van der Waals surface area contributed by atoms with Gasteiger partial charge in [-0.15, -0.1) is 0 Å². The number of methoxy groups -OCH3 is 1. The molecule has 2 N–H and O–H groups in total. The van der Waals surface area contributed by atoms with Gasteiger partial charge in [0.05, 0.1) is 18.4 Å². The molecule has 1 aliphatic heterocycles. The average Bonchev–Trinajstić information content (AvgIpc) is 3.26. The van der Waals surface area contributed by atoms with Crippen molar-refractivity contribution in [3.05, 3.63) is 24.2 Å². The van der Waals surface area contributed by atoms with Crippen LogP contribution in [0.25, 0.3) is 0 Å². The molecule has 1 saturated heterocycles. The molecule has 25 heavy (non-hydrogen) atoms. The molecule has 0 saturated carbocycles. The number of guanidine groups is 1. The van der Waals surface area contributed by atoms with Crippen LogP contribution in [-0.2, 0) is 4.74 Å². The van der Waals surface area contributed by atoms with Crippen molar-refractivity contribution in [3.63, 3.8) is 0 Å². The van der Waals surface area contributed by atoms with E-state index in [9.17, 15) is 0 Å². The maximum absolute atomic E-state index is 5.67. The fourth-order valence-electron chi connectivity index (χ4n) is 3.29. The zero-order chi connectivity index (χ0) is 18.3. The monoisotopic (exact) mass is 350 g/mol. The Labute approximate surface area is 152 Å². The van der Waals surface area contributed by atoms with Gasteiger partial charge in [-0.1, -0.05) is 20.8 Å². The van der Waals surface area contributed by atoms with E-state index in [4.69, 9.17) is 9.15 Å². The van der Waals surface area contributed by atoms with Gasteiger partial charge >= 0.3 is 0 Å². The van der Waals surface area contributed by atoms with Gasteiger partial charge in [-0.3, -0.25) is 9.89 Å². The number of hydrogen-bond donors (Lipinski definition) is 2. The van der Waals surface area contributed by atoms with Crippen LogP contribution in [0.15, 0.2) is 27.8 Å². The van der Waals surface area contributed by atoms with E-state index in [1.807, 2.05) is 6.07 Å². The Morgan fingerprint density at radius 2 is 1.96 bits per heavy atom. The summed E-state index contributed by atoms with van der Waals surface area (Å²) in [4.78, 5) is 6.82. The predicted octanol–water partition coefficient (Wildman–Crippen LogP) is 2.64. The second-order valence-electron chi connectivity index (χ2n) is 7.70. The summed E-state index contributed by atoms with van der Waals surface area (Å²) in [5.74, 6) is 1.80. The minimum Gasteiger partial charge on any atom is -0.468 e. The van der Waals surface area contributed by atoms with Crippen molar-refractivity contribution < 1.29 is 9.15 Å². The van der Waals surface area contributed by atoms with E-state index in [0.29, 0.717) is 0 Å². The van der Waals surface area contributed by atoms with E-state index in [0.717, 1.165) is 37.9 Å². The van der Waals surface area contributed by atoms with E-state index < -0.39 is 0 Å². The Balaban J connectivity index is 1.91. The molecule has 1 fully saturated rings. The Morgan fingerprint density at radius 1 is 1.28 bits per heavy atom. The average molecular weight is 351 g/mol. The lowest BCUT2D eigenvalue weighted by molar-refractivity contribution is 0.0205. The molecule has 0 aliphatic carbocycles. The summed E-state index contributed by atoms with van der Waals surface area (Å²) in [6.45, 7) is 10.3. The zero-order valence-electron chi connectivity index (χ0n) is 16.3. The number of furan rings is 1. The Bertz CT molecular complexity index is 516. The van der Waals surface area contributed by atoms with Crippen LogP contribution in [0, 0.1) is 5.41 Å². The summed E-state index contributed by atoms with van der Waals surface area (Å²) in [6.07, 6.45) is 4.37. The van der Waals surface area contributed by atoms with Gasteiger partial charge in [0, 0.05) is 27.2 Å². The number of likely N-dealkylation sites (tertiary alicyclic amines) is 1. The number of ether oxygens (including phenoxy) is 1. The summed E-state index contributed by atoms with van der Waals surface area (Å²) in [5.41, 5.74) is 0.0762. The smallest absolute Gasteiger partial charge is 0.191 e. The van der Waals surface area contributed by atoms with E-state index in [1.54, 1.807) is 20.4 Å². The third-order valence-electron chi connectivity index (χ3n) is 4.84. The highest BCUT2D eigenvalue weighted by Gasteiger charge is 2.27. The van der Waals surface area contributed by atoms with Crippen LogP contribution in [-0.4, -0.2) is 57.3 Å². The Hall–Kier alpha value is -1.53. The molecule has 1 aromatic heterocycles. The number of aliphatic imine (C=N–C) groups is 1. The lowest BCUT2D eigenvalue weighted by Gasteiger charge is -2.30. The standard InChI is InChI=1S/C19H34N4O2/c1-19(2,3)17(24-5)14-22-18(20-4)21-13-15(16-9-8-12-25-16)23-10-6-7-11-23/h8-9,12,15,17H,6-7,10-11,13-14H2,1-5H3,(H2,20,21,22). The van der Waals surface area contributed by atoms with Crippen molar-refractivity contribution in [1.82, 2.24) is 15.5 Å². The molecule has 1 aromatic rings. The molecule has 0 spiro atoms. The maximum atomic E-state index is 5.67. The fourth-order valence-corrected chi connectivity index (χ4v) is 3.29. The summed E-state index contributed by atoms with van der Waals surface area (Å²) in [5, 5.41) is 6.83. The highest BCUT2D eigenvalue weighted by Crippen LogP contribution is 2.25. The summed E-state index contributed by atoms with van der Waals surface area (Å²) < 4.78 is 11.3. The van der Waals surface area contributed by atoms with Crippen molar-refractivity contribution in [2.75, 3.05) is 40.3 Å². The third kappa shape index (κ3) is 5.75. The van der Waals surface area contributed by atoms with Gasteiger partial charge < -0.3 is 19.8 Å². The van der Waals surface area contributed by atoms with Gasteiger partial charge in [0.15, 0.2) is 5.96 Å². The predicted molar refractivity (Wildman–Crippen MR) is 102 cm³/mol. The van der Waals surface area contributed by atoms with Crippen molar-refractivity contribution >= 4 is 5.96 Å². The molecule has 1 aliphatic rings. The molecule has 0 amide bonds. The molecular formula is C19H34N4O2. The van der Waals surface area contributed by atoms with Crippen LogP contribution in [0.1, 0.15) is 45.4 Å². The van der Waals surface area contributed by atoms with Crippen molar-refractivity contribution in [3.8, 4) is 0 Å². The lowest BCUT2D eigenvalue weighted by Crippen LogP contribution is -2.47. The molecule has 0 radical (unpaired) electrons. The number of hydrogen-bond acceptors (Lipinski definition) is 4. The highest BCUT2D eigenvalue weighted by atomic mass is 16.5. The number of nitrogens with one attached hydrogen (secondary N) is 2. The SMILES string of the molecule is CN=C(NCC(c1ccco1)N1CCCC1)NCC(OC)C(C)(C)C. The number of rotatable bonds is 7. The van der Waals surface area contributed by atoms with Gasteiger partial charge in [0.1, 0.15) is 5.76 Å². The molecule has 2 heterocycles. The van der Waals surface area contributed by atoms with Crippen LogP contribution < -0.4 is 10.6 Å². The largest absolute Gasteiger partial charge is 0.468 e. The third-order valence-corrected chi connectivity index (χ3v) is 4.84. The van der Waals surface area contributed by atoms with E-state index in [1.165, 1.54) is 12.8 Å². The zero-order valence-corrected chi connectivity index (χ0v) is 16.3. The summed E-state index contributed by atoms with van der Waals surface area (Å²) in [7, 11) is 3.56. The summed E-state index contributed by atoms with van der Waals surface area (Å²) >= 11 is 0. The molecule has 0 aromatic carbocycles. The lowest BCUT2D eigenvalue weighted by atomic mass is 9.89. The molecule has 6 heteroatoms. The van der Waals surface area contributed by atoms with Crippen LogP contribution in [0.2, 0.25) is 0 Å². The molecule has 2 rings (SSSR count). The van der Waals surface area contributed by atoms with Crippen molar-refractivity contribution in [2.24, 2.45) is 10.4 Å². The van der Waals surface area contributed by atoms with E-state index >= 15 is 0 Å². The topological polar surface area (TPSA) is 62.0 Å². The first kappa shape index (κ1) is 19.8. The van der Waals surface area contributed by atoms with Gasteiger partial charge in [-0.2, -0.15) is 0 Å². The maximum Gasteiger partial charge on any atom is 0.191 e. The van der Waals surface area contributed by atoms with Gasteiger partial charge in [0.25, 0.3) is 0 Å². The Morgan fingerprint density at radius 3 is 2.48 bits per heavy atom. The first-order valence-electron chi connectivity index (χ1n) is 9.20. The van der Waals surface area contributed by atoms with Gasteiger partial charge in [-0.05, 0) is 43.5 Å². The molecule has 142 valence electrons. The second kappa shape index (κ2) is 9.25. The Kier molecular flexibility index (Phi) is 7.32. The first-order valence-corrected chi connectivity index (χ1v) is 9.20. The fraction of sp³-hybridized carbons (Fsp3) is 0.737. The first-order chi connectivity index (χ1) is 12.0. The second-order valence-corrected chi connectivity index (χ2v) is 7.70. The van der Waals surface area contributed by atoms with Crippen LogP contribution in [0.5, 0.6) is 0 Å². The van der Waals surface area contributed by atoms with Crippen LogP contribution >= 0.6 is 0 Å². The minimum absolute atomic E-state index is 0.0762. The van der Waals surface area contributed by atoms with Crippen LogP contribution in [0.4, 0.5) is 0 Å². The van der Waals surface area contributed by atoms with Gasteiger partial charge in [0.2, 0.25) is 0 Å². The molecule has 2 unspecified atom stereocenters. The molecule has 0 bridgehead atoms. The van der Waals surface area contributed by atoms with E-state index in [-0.39, 0.29) is 17.6 Å². The van der Waals surface area contributed by atoms with E-state index in [2.05, 4.69) is 47.4 Å². The van der Waals surface area contributed by atoms with Crippen molar-refractivity contribution in [1.29, 1.82) is 0 Å². The highest BCUT2D eigenvalue weighted by molar-refractivity contribution is 5.79. The molecule has 2 atom stereocenters. The van der Waals surface area contributed by atoms with Crippen LogP contribution in [0.3, 0.4) is 0 Å².